The highest BCUT2D eigenvalue weighted by atomic mass is 32.1. The van der Waals surface area contributed by atoms with Gasteiger partial charge in [-0.05, 0) is 17.8 Å². The summed E-state index contributed by atoms with van der Waals surface area (Å²) in [6.07, 6.45) is 0. The SMILES string of the molecule is CC(=S)OCC(=O)OCc1ccccc1. The fourth-order valence-corrected chi connectivity index (χ4v) is 0.999. The summed E-state index contributed by atoms with van der Waals surface area (Å²) in [5.41, 5.74) is 0.949. The molecule has 0 saturated heterocycles. The summed E-state index contributed by atoms with van der Waals surface area (Å²) in [4.78, 5) is 11.1. The van der Waals surface area contributed by atoms with Crippen molar-refractivity contribution in [1.82, 2.24) is 0 Å². The second-order valence-electron chi connectivity index (χ2n) is 2.93. The van der Waals surface area contributed by atoms with Crippen molar-refractivity contribution in [2.24, 2.45) is 0 Å². The van der Waals surface area contributed by atoms with Crippen LogP contribution in [0, 0.1) is 0 Å². The lowest BCUT2D eigenvalue weighted by molar-refractivity contribution is -0.147. The maximum Gasteiger partial charge on any atom is 0.344 e. The second kappa shape index (κ2) is 6.14. The molecule has 1 aromatic rings. The van der Waals surface area contributed by atoms with Crippen LogP contribution in [0.2, 0.25) is 0 Å². The van der Waals surface area contributed by atoms with E-state index in [0.29, 0.717) is 5.05 Å². The number of hydrogen-bond acceptors (Lipinski definition) is 4. The highest BCUT2D eigenvalue weighted by molar-refractivity contribution is 7.80. The van der Waals surface area contributed by atoms with Crippen molar-refractivity contribution in [3.05, 3.63) is 35.9 Å². The first kappa shape index (κ1) is 11.7. The lowest BCUT2D eigenvalue weighted by atomic mass is 10.2. The molecule has 15 heavy (non-hydrogen) atoms. The summed E-state index contributed by atoms with van der Waals surface area (Å²) in [6, 6.07) is 9.46. The maximum atomic E-state index is 11.1. The summed E-state index contributed by atoms with van der Waals surface area (Å²) in [6.45, 7) is 1.75. The molecule has 0 amide bonds. The summed E-state index contributed by atoms with van der Waals surface area (Å²) in [5, 5.41) is 0.340. The Kier molecular flexibility index (Phi) is 4.77. The number of thiocarbonyl (C=S) groups is 1. The quantitative estimate of drug-likeness (QED) is 0.579. The average molecular weight is 224 g/mol. The van der Waals surface area contributed by atoms with Crippen molar-refractivity contribution in [1.29, 1.82) is 0 Å². The zero-order valence-corrected chi connectivity index (χ0v) is 9.25. The Hall–Kier alpha value is -1.42. The normalized spacial score (nSPS) is 9.40. The van der Waals surface area contributed by atoms with E-state index < -0.39 is 5.97 Å². The average Bonchev–Trinajstić information content (AvgIpc) is 2.25. The van der Waals surface area contributed by atoms with Crippen LogP contribution in [-0.2, 0) is 20.9 Å². The maximum absolute atomic E-state index is 11.1. The minimum atomic E-state index is -0.414. The first-order valence-corrected chi connectivity index (χ1v) is 4.92. The van der Waals surface area contributed by atoms with E-state index in [1.165, 1.54) is 0 Å². The first-order chi connectivity index (χ1) is 7.18. The molecule has 0 fully saturated rings. The summed E-state index contributed by atoms with van der Waals surface area (Å²) in [7, 11) is 0. The van der Waals surface area contributed by atoms with E-state index >= 15 is 0 Å². The largest absolute Gasteiger partial charge is 0.476 e. The monoisotopic (exact) mass is 224 g/mol. The van der Waals surface area contributed by atoms with Gasteiger partial charge in [-0.15, -0.1) is 0 Å². The van der Waals surface area contributed by atoms with Crippen molar-refractivity contribution in [3.63, 3.8) is 0 Å². The zero-order valence-electron chi connectivity index (χ0n) is 8.43. The minimum absolute atomic E-state index is 0.123. The Morgan fingerprint density at radius 2 is 1.93 bits per heavy atom. The Morgan fingerprint density at radius 1 is 1.27 bits per heavy atom. The molecule has 0 aliphatic heterocycles. The Morgan fingerprint density at radius 3 is 2.53 bits per heavy atom. The number of carbonyl (C=O) groups excluding carboxylic acids is 1. The Labute approximate surface area is 94.0 Å². The molecule has 0 bridgehead atoms. The van der Waals surface area contributed by atoms with Gasteiger partial charge in [0.15, 0.2) is 11.7 Å². The van der Waals surface area contributed by atoms with E-state index in [9.17, 15) is 4.79 Å². The van der Waals surface area contributed by atoms with E-state index in [0.717, 1.165) is 5.56 Å². The van der Waals surface area contributed by atoms with Gasteiger partial charge in [0.1, 0.15) is 6.61 Å². The third-order valence-electron chi connectivity index (χ3n) is 1.64. The molecule has 0 aliphatic rings. The van der Waals surface area contributed by atoms with Crippen LogP contribution in [-0.4, -0.2) is 17.6 Å². The fourth-order valence-electron chi connectivity index (χ4n) is 0.940. The smallest absolute Gasteiger partial charge is 0.344 e. The number of rotatable bonds is 4. The molecular weight excluding hydrogens is 212 g/mol. The Bertz CT molecular complexity index is 335. The van der Waals surface area contributed by atoms with Crippen molar-refractivity contribution >= 4 is 23.2 Å². The van der Waals surface area contributed by atoms with Gasteiger partial charge in [0.2, 0.25) is 0 Å². The van der Waals surface area contributed by atoms with Gasteiger partial charge in [-0.2, -0.15) is 0 Å². The van der Waals surface area contributed by atoms with E-state index in [4.69, 9.17) is 9.47 Å². The molecule has 4 heteroatoms. The summed E-state index contributed by atoms with van der Waals surface area (Å²) < 4.78 is 9.80. The molecule has 0 atom stereocenters. The highest BCUT2D eigenvalue weighted by Gasteiger charge is 2.03. The molecule has 0 heterocycles. The van der Waals surface area contributed by atoms with Crippen LogP contribution >= 0.6 is 12.2 Å². The topological polar surface area (TPSA) is 35.5 Å². The lowest BCUT2D eigenvalue weighted by Crippen LogP contribution is -2.13. The van der Waals surface area contributed by atoms with Crippen LogP contribution in [0.15, 0.2) is 30.3 Å². The summed E-state index contributed by atoms with van der Waals surface area (Å²) >= 11 is 4.66. The standard InChI is InChI=1S/C11H12O3S/c1-9(15)13-8-11(12)14-7-10-5-3-2-4-6-10/h2-6H,7-8H2,1H3. The molecule has 0 saturated carbocycles. The van der Waals surface area contributed by atoms with Crippen molar-refractivity contribution in [3.8, 4) is 0 Å². The minimum Gasteiger partial charge on any atom is -0.476 e. The molecule has 0 unspecified atom stereocenters. The second-order valence-corrected chi connectivity index (χ2v) is 3.50. The molecular formula is C11H12O3S. The summed E-state index contributed by atoms with van der Waals surface area (Å²) in [5.74, 6) is -0.414. The van der Waals surface area contributed by atoms with Crippen LogP contribution in [0.5, 0.6) is 0 Å². The third-order valence-corrected chi connectivity index (χ3v) is 1.75. The van der Waals surface area contributed by atoms with Gasteiger partial charge >= 0.3 is 5.97 Å². The van der Waals surface area contributed by atoms with Gasteiger partial charge in [-0.25, -0.2) is 4.79 Å². The molecule has 80 valence electrons. The lowest BCUT2D eigenvalue weighted by Gasteiger charge is -2.05. The van der Waals surface area contributed by atoms with E-state index in [1.54, 1.807) is 6.92 Å². The number of carbonyl (C=O) groups is 1. The predicted molar refractivity (Wildman–Crippen MR) is 60.5 cm³/mol. The predicted octanol–water partition coefficient (Wildman–Crippen LogP) is 2.09. The third kappa shape index (κ3) is 5.12. The number of esters is 1. The van der Waals surface area contributed by atoms with Crippen LogP contribution in [0.1, 0.15) is 12.5 Å². The molecule has 0 aromatic heterocycles. The number of benzene rings is 1. The number of ether oxygens (including phenoxy) is 2. The van der Waals surface area contributed by atoms with Gasteiger partial charge in [0, 0.05) is 6.92 Å². The van der Waals surface area contributed by atoms with E-state index in [2.05, 4.69) is 12.2 Å². The molecule has 0 spiro atoms. The molecule has 0 aliphatic carbocycles. The van der Waals surface area contributed by atoms with Crippen LogP contribution in [0.4, 0.5) is 0 Å². The van der Waals surface area contributed by atoms with Crippen molar-refractivity contribution in [2.45, 2.75) is 13.5 Å². The van der Waals surface area contributed by atoms with Gasteiger partial charge in [0.05, 0.1) is 0 Å². The van der Waals surface area contributed by atoms with Gasteiger partial charge < -0.3 is 9.47 Å². The molecule has 0 radical (unpaired) electrons. The van der Waals surface area contributed by atoms with E-state index in [1.807, 2.05) is 30.3 Å². The van der Waals surface area contributed by atoms with E-state index in [-0.39, 0.29) is 13.2 Å². The van der Waals surface area contributed by atoms with Crippen LogP contribution < -0.4 is 0 Å². The molecule has 1 rings (SSSR count). The van der Waals surface area contributed by atoms with Crippen molar-refractivity contribution < 1.29 is 14.3 Å². The molecule has 3 nitrogen and oxygen atoms in total. The Balaban J connectivity index is 2.26. The fraction of sp³-hybridized carbons (Fsp3) is 0.273. The molecule has 0 N–H and O–H groups in total. The van der Waals surface area contributed by atoms with Crippen LogP contribution in [0.25, 0.3) is 0 Å². The van der Waals surface area contributed by atoms with Gasteiger partial charge in [0.25, 0.3) is 0 Å². The number of hydrogen-bond donors (Lipinski definition) is 0. The van der Waals surface area contributed by atoms with Gasteiger partial charge in [-0.1, -0.05) is 30.3 Å². The van der Waals surface area contributed by atoms with Crippen LogP contribution in [0.3, 0.4) is 0 Å². The first-order valence-electron chi connectivity index (χ1n) is 4.51. The highest BCUT2D eigenvalue weighted by Crippen LogP contribution is 2.00. The zero-order chi connectivity index (χ0) is 11.1. The molecule has 1 aromatic carbocycles. The van der Waals surface area contributed by atoms with Crippen molar-refractivity contribution in [2.75, 3.05) is 6.61 Å². The van der Waals surface area contributed by atoms with Gasteiger partial charge in [-0.3, -0.25) is 0 Å².